The van der Waals surface area contributed by atoms with Crippen LogP contribution in [0.2, 0.25) is 0 Å². The van der Waals surface area contributed by atoms with Crippen LogP contribution in [-0.4, -0.2) is 12.8 Å². The van der Waals surface area contributed by atoms with E-state index in [4.69, 9.17) is 4.74 Å². The highest BCUT2D eigenvalue weighted by molar-refractivity contribution is 5.37. The highest BCUT2D eigenvalue weighted by Crippen LogP contribution is 2.25. The average molecular weight is 246 g/mol. The molecule has 1 aromatic carbocycles. The van der Waals surface area contributed by atoms with Crippen LogP contribution in [0.5, 0.6) is 5.75 Å². The zero-order valence-electron chi connectivity index (χ0n) is 10.3. The number of hydrogen-bond donors (Lipinski definition) is 0. The van der Waals surface area contributed by atoms with E-state index in [9.17, 15) is 13.2 Å². The van der Waals surface area contributed by atoms with Gasteiger partial charge in [-0.1, -0.05) is 26.0 Å². The van der Waals surface area contributed by atoms with Crippen LogP contribution >= 0.6 is 0 Å². The van der Waals surface area contributed by atoms with E-state index in [1.54, 1.807) is 0 Å². The molecule has 0 fully saturated rings. The molecule has 1 nitrogen and oxygen atoms in total. The van der Waals surface area contributed by atoms with E-state index < -0.39 is 12.6 Å². The molecular weight excluding hydrogens is 229 g/mol. The minimum Gasteiger partial charge on any atom is -0.493 e. The SMILES string of the molecule is Cc1ccc(C(C)C)cc1OCCC(F)(F)F. The van der Waals surface area contributed by atoms with Crippen molar-refractivity contribution in [1.29, 1.82) is 0 Å². The van der Waals surface area contributed by atoms with Crippen LogP contribution in [-0.2, 0) is 0 Å². The highest BCUT2D eigenvalue weighted by Gasteiger charge is 2.26. The Hall–Kier alpha value is -1.19. The Labute approximate surface area is 99.6 Å². The van der Waals surface area contributed by atoms with E-state index in [1.807, 2.05) is 39.0 Å². The van der Waals surface area contributed by atoms with Crippen LogP contribution in [0.1, 0.15) is 37.3 Å². The Bertz CT molecular complexity index is 369. The van der Waals surface area contributed by atoms with Crippen LogP contribution in [0.3, 0.4) is 0 Å². The van der Waals surface area contributed by atoms with Gasteiger partial charge in [0.05, 0.1) is 13.0 Å². The molecule has 0 amide bonds. The number of halogens is 3. The summed E-state index contributed by atoms with van der Waals surface area (Å²) in [6.45, 7) is 5.56. The minimum absolute atomic E-state index is 0.327. The molecule has 0 saturated heterocycles. The van der Waals surface area contributed by atoms with Gasteiger partial charge in [0.2, 0.25) is 0 Å². The van der Waals surface area contributed by atoms with Gasteiger partial charge in [0, 0.05) is 0 Å². The van der Waals surface area contributed by atoms with Gasteiger partial charge in [-0.25, -0.2) is 0 Å². The molecule has 0 N–H and O–H groups in total. The van der Waals surface area contributed by atoms with Crippen LogP contribution in [0.4, 0.5) is 13.2 Å². The largest absolute Gasteiger partial charge is 0.493 e. The van der Waals surface area contributed by atoms with Crippen molar-refractivity contribution in [3.05, 3.63) is 29.3 Å². The molecule has 0 aliphatic heterocycles. The second-order valence-corrected chi connectivity index (χ2v) is 4.39. The van der Waals surface area contributed by atoms with Gasteiger partial charge in [-0.2, -0.15) is 13.2 Å². The summed E-state index contributed by atoms with van der Waals surface area (Å²) in [6, 6.07) is 5.66. The first-order valence-corrected chi connectivity index (χ1v) is 5.59. The lowest BCUT2D eigenvalue weighted by atomic mass is 10.0. The maximum atomic E-state index is 12.0. The Morgan fingerprint density at radius 2 is 1.88 bits per heavy atom. The highest BCUT2D eigenvalue weighted by atomic mass is 19.4. The molecule has 0 aromatic heterocycles. The van der Waals surface area contributed by atoms with E-state index in [1.165, 1.54) is 0 Å². The molecule has 0 unspecified atom stereocenters. The molecule has 0 heterocycles. The van der Waals surface area contributed by atoms with Crippen molar-refractivity contribution in [3.63, 3.8) is 0 Å². The molecular formula is C13H17F3O. The van der Waals surface area contributed by atoms with Gasteiger partial charge in [-0.05, 0) is 30.0 Å². The third-order valence-corrected chi connectivity index (χ3v) is 2.52. The molecule has 0 atom stereocenters. The van der Waals surface area contributed by atoms with Gasteiger partial charge < -0.3 is 4.74 Å². The van der Waals surface area contributed by atoms with Gasteiger partial charge >= 0.3 is 6.18 Å². The molecule has 0 bridgehead atoms. The summed E-state index contributed by atoms with van der Waals surface area (Å²) in [5.74, 6) is 0.876. The van der Waals surface area contributed by atoms with Crippen molar-refractivity contribution in [2.45, 2.75) is 39.3 Å². The topological polar surface area (TPSA) is 9.23 Å². The maximum absolute atomic E-state index is 12.0. The Morgan fingerprint density at radius 1 is 1.24 bits per heavy atom. The van der Waals surface area contributed by atoms with Gasteiger partial charge in [0.1, 0.15) is 5.75 Å². The molecule has 0 spiro atoms. The molecule has 0 aliphatic rings. The fourth-order valence-electron chi connectivity index (χ4n) is 1.41. The van der Waals surface area contributed by atoms with E-state index in [-0.39, 0.29) is 6.61 Å². The number of rotatable bonds is 4. The summed E-state index contributed by atoms with van der Waals surface area (Å²) in [5.41, 5.74) is 1.93. The number of ether oxygens (including phenoxy) is 1. The standard InChI is InChI=1S/C13H17F3O/c1-9(2)11-5-4-10(3)12(8-11)17-7-6-13(14,15)16/h4-5,8-9H,6-7H2,1-3H3. The van der Waals surface area contributed by atoms with E-state index >= 15 is 0 Å². The first kappa shape index (κ1) is 13.9. The van der Waals surface area contributed by atoms with Crippen molar-refractivity contribution >= 4 is 0 Å². The third kappa shape index (κ3) is 4.67. The van der Waals surface area contributed by atoms with Crippen molar-refractivity contribution in [2.24, 2.45) is 0 Å². The van der Waals surface area contributed by atoms with Crippen molar-refractivity contribution < 1.29 is 17.9 Å². The lowest BCUT2D eigenvalue weighted by Crippen LogP contribution is -2.13. The van der Waals surface area contributed by atoms with Crippen LogP contribution < -0.4 is 4.74 Å². The lowest BCUT2D eigenvalue weighted by Gasteiger charge is -2.13. The quantitative estimate of drug-likeness (QED) is 0.762. The first-order valence-electron chi connectivity index (χ1n) is 5.59. The predicted molar refractivity (Wildman–Crippen MR) is 61.4 cm³/mol. The minimum atomic E-state index is -4.16. The van der Waals surface area contributed by atoms with Gasteiger partial charge in [0.15, 0.2) is 0 Å². The molecule has 1 aromatic rings. The van der Waals surface area contributed by atoms with E-state index in [2.05, 4.69) is 0 Å². The van der Waals surface area contributed by atoms with Crippen molar-refractivity contribution in [3.8, 4) is 5.75 Å². The molecule has 1 rings (SSSR count). The smallest absolute Gasteiger partial charge is 0.392 e. The van der Waals surface area contributed by atoms with Crippen LogP contribution in [0.15, 0.2) is 18.2 Å². The van der Waals surface area contributed by atoms with Crippen molar-refractivity contribution in [2.75, 3.05) is 6.61 Å². The predicted octanol–water partition coefficient (Wildman–Crippen LogP) is 4.45. The number of alkyl halides is 3. The number of benzene rings is 1. The summed E-state index contributed by atoms with van der Waals surface area (Å²) < 4.78 is 41.1. The molecule has 0 aliphatic carbocycles. The zero-order chi connectivity index (χ0) is 13.1. The lowest BCUT2D eigenvalue weighted by molar-refractivity contribution is -0.139. The van der Waals surface area contributed by atoms with Crippen LogP contribution in [0, 0.1) is 6.92 Å². The summed E-state index contributed by atoms with van der Waals surface area (Å²) in [6.07, 6.45) is -5.08. The normalized spacial score (nSPS) is 11.9. The number of aryl methyl sites for hydroxylation is 1. The Kier molecular flexibility index (Phi) is 4.43. The van der Waals surface area contributed by atoms with E-state index in [0.29, 0.717) is 11.7 Å². The van der Waals surface area contributed by atoms with Crippen LogP contribution in [0.25, 0.3) is 0 Å². The van der Waals surface area contributed by atoms with Crippen molar-refractivity contribution in [1.82, 2.24) is 0 Å². The summed E-state index contributed by atoms with van der Waals surface area (Å²) in [7, 11) is 0. The van der Waals surface area contributed by atoms with E-state index in [0.717, 1.165) is 11.1 Å². The third-order valence-electron chi connectivity index (χ3n) is 2.52. The zero-order valence-corrected chi connectivity index (χ0v) is 10.3. The molecule has 0 radical (unpaired) electrons. The van der Waals surface area contributed by atoms with Gasteiger partial charge in [0.25, 0.3) is 0 Å². The molecule has 4 heteroatoms. The number of hydrogen-bond acceptors (Lipinski definition) is 1. The molecule has 17 heavy (non-hydrogen) atoms. The average Bonchev–Trinajstić information content (AvgIpc) is 2.18. The second kappa shape index (κ2) is 5.43. The summed E-state index contributed by atoms with van der Waals surface area (Å²) >= 11 is 0. The maximum Gasteiger partial charge on any atom is 0.392 e. The molecule has 96 valence electrons. The fraction of sp³-hybridized carbons (Fsp3) is 0.538. The van der Waals surface area contributed by atoms with Gasteiger partial charge in [-0.3, -0.25) is 0 Å². The summed E-state index contributed by atoms with van der Waals surface area (Å²) in [4.78, 5) is 0. The second-order valence-electron chi connectivity index (χ2n) is 4.39. The monoisotopic (exact) mass is 246 g/mol. The summed E-state index contributed by atoms with van der Waals surface area (Å²) in [5, 5.41) is 0. The van der Waals surface area contributed by atoms with Gasteiger partial charge in [-0.15, -0.1) is 0 Å². The molecule has 0 saturated carbocycles. The Balaban J connectivity index is 2.67. The Morgan fingerprint density at radius 3 is 2.41 bits per heavy atom. The fourth-order valence-corrected chi connectivity index (χ4v) is 1.41. The first-order chi connectivity index (χ1) is 7.79.